The van der Waals surface area contributed by atoms with E-state index in [0.29, 0.717) is 5.69 Å². The predicted molar refractivity (Wildman–Crippen MR) is 91.3 cm³/mol. The number of methoxy groups -OCH3 is 1. The smallest absolute Gasteiger partial charge is 0.306 e. The van der Waals surface area contributed by atoms with E-state index in [9.17, 15) is 9.59 Å². The third-order valence-electron chi connectivity index (χ3n) is 3.22. The van der Waals surface area contributed by atoms with Crippen LogP contribution < -0.4 is 4.90 Å². The maximum Gasteiger partial charge on any atom is 0.306 e. The number of unbranched alkanes of at least 4 members (excludes halogenated alkanes) is 1. The van der Waals surface area contributed by atoms with Crippen LogP contribution in [0.3, 0.4) is 0 Å². The fourth-order valence-corrected chi connectivity index (χ4v) is 2.89. The Morgan fingerprint density at radius 2 is 1.96 bits per heavy atom. The first-order chi connectivity index (χ1) is 11.1. The number of rotatable bonds is 9. The minimum absolute atomic E-state index is 0.0161. The fraction of sp³-hybridized carbons (Fsp3) is 0.471. The molecule has 0 radical (unpaired) electrons. The normalized spacial score (nSPS) is 9.96. The van der Waals surface area contributed by atoms with Gasteiger partial charge in [-0.25, -0.2) is 0 Å². The first-order valence-corrected chi connectivity index (χ1v) is 8.58. The molecule has 6 heteroatoms. The SMILES string of the molecule is CCCCSc1ccc(N(CC#N)C(=O)CCC(=O)OC)cc1. The molecule has 0 saturated heterocycles. The summed E-state index contributed by atoms with van der Waals surface area (Å²) in [5.74, 6) is 0.372. The Balaban J connectivity index is 2.71. The molecule has 0 unspecified atom stereocenters. The van der Waals surface area contributed by atoms with Gasteiger partial charge in [0.25, 0.3) is 0 Å². The standard InChI is InChI=1S/C17H22N2O3S/c1-3-4-13-23-15-7-5-14(6-8-15)19(12-11-18)16(20)9-10-17(21)22-2/h5-8H,3-4,9-10,12-13H2,1-2H3. The summed E-state index contributed by atoms with van der Waals surface area (Å²) in [5.41, 5.74) is 0.668. The van der Waals surface area contributed by atoms with Crippen molar-refractivity contribution in [3.63, 3.8) is 0 Å². The molecule has 0 spiro atoms. The highest BCUT2D eigenvalue weighted by Crippen LogP contribution is 2.23. The maximum atomic E-state index is 12.2. The number of amides is 1. The molecule has 0 saturated carbocycles. The van der Waals surface area contributed by atoms with Gasteiger partial charge in [-0.3, -0.25) is 14.5 Å². The first kappa shape index (κ1) is 19.0. The minimum Gasteiger partial charge on any atom is -0.469 e. The van der Waals surface area contributed by atoms with Crippen molar-refractivity contribution in [2.75, 3.05) is 24.3 Å². The van der Waals surface area contributed by atoms with Crippen molar-refractivity contribution in [1.82, 2.24) is 0 Å². The maximum absolute atomic E-state index is 12.2. The third-order valence-corrected chi connectivity index (χ3v) is 4.31. The van der Waals surface area contributed by atoms with Crippen molar-refractivity contribution < 1.29 is 14.3 Å². The largest absolute Gasteiger partial charge is 0.469 e. The summed E-state index contributed by atoms with van der Waals surface area (Å²) in [7, 11) is 1.29. The van der Waals surface area contributed by atoms with Crippen LogP contribution in [0.25, 0.3) is 0 Å². The second-order valence-corrected chi connectivity index (χ2v) is 6.08. The van der Waals surface area contributed by atoms with Crippen molar-refractivity contribution in [3.05, 3.63) is 24.3 Å². The lowest BCUT2D eigenvalue weighted by molar-refractivity contribution is -0.141. The molecule has 5 nitrogen and oxygen atoms in total. The molecular formula is C17H22N2O3S. The second-order valence-electron chi connectivity index (χ2n) is 4.91. The average molecular weight is 334 g/mol. The van der Waals surface area contributed by atoms with Crippen LogP contribution in [0.15, 0.2) is 29.2 Å². The lowest BCUT2D eigenvalue weighted by Crippen LogP contribution is -2.31. The molecule has 0 aliphatic rings. The summed E-state index contributed by atoms with van der Waals surface area (Å²) in [6.07, 6.45) is 2.37. The number of nitriles is 1. The summed E-state index contributed by atoms with van der Waals surface area (Å²) in [6, 6.07) is 9.56. The van der Waals surface area contributed by atoms with E-state index in [0.717, 1.165) is 17.1 Å². The van der Waals surface area contributed by atoms with Crippen LogP contribution in [0.4, 0.5) is 5.69 Å². The summed E-state index contributed by atoms with van der Waals surface area (Å²) >= 11 is 1.77. The van der Waals surface area contributed by atoms with E-state index in [-0.39, 0.29) is 25.3 Å². The van der Waals surface area contributed by atoms with Crippen LogP contribution in [-0.2, 0) is 14.3 Å². The van der Waals surface area contributed by atoms with Crippen molar-refractivity contribution in [1.29, 1.82) is 5.26 Å². The van der Waals surface area contributed by atoms with Crippen LogP contribution in [-0.4, -0.2) is 31.3 Å². The number of nitrogens with zero attached hydrogens (tertiary/aromatic N) is 2. The number of esters is 1. The van der Waals surface area contributed by atoms with Gasteiger partial charge in [0.15, 0.2) is 0 Å². The molecule has 0 atom stereocenters. The number of hydrogen-bond donors (Lipinski definition) is 0. The molecule has 1 aromatic rings. The van der Waals surface area contributed by atoms with E-state index in [2.05, 4.69) is 11.7 Å². The molecule has 124 valence electrons. The Labute approximate surface area is 141 Å². The Morgan fingerprint density at radius 3 is 2.52 bits per heavy atom. The van der Waals surface area contributed by atoms with Crippen molar-refractivity contribution in [2.24, 2.45) is 0 Å². The number of hydrogen-bond acceptors (Lipinski definition) is 5. The Hall–Kier alpha value is -2.00. The highest BCUT2D eigenvalue weighted by atomic mass is 32.2. The second kappa shape index (κ2) is 10.7. The third kappa shape index (κ3) is 6.74. The topological polar surface area (TPSA) is 70.4 Å². The van der Waals surface area contributed by atoms with E-state index >= 15 is 0 Å². The van der Waals surface area contributed by atoms with Gasteiger partial charge in [0.05, 0.1) is 19.6 Å². The summed E-state index contributed by atoms with van der Waals surface area (Å²) in [4.78, 5) is 25.9. The highest BCUT2D eigenvalue weighted by Gasteiger charge is 2.17. The number of carbonyl (C=O) groups excluding carboxylic acids is 2. The average Bonchev–Trinajstić information content (AvgIpc) is 2.58. The molecule has 23 heavy (non-hydrogen) atoms. The van der Waals surface area contributed by atoms with Gasteiger partial charge in [0, 0.05) is 17.0 Å². The fourth-order valence-electron chi connectivity index (χ4n) is 1.90. The van der Waals surface area contributed by atoms with Crippen LogP contribution in [0.2, 0.25) is 0 Å². The zero-order valence-corrected chi connectivity index (χ0v) is 14.4. The minimum atomic E-state index is -0.432. The molecule has 0 fully saturated rings. The van der Waals surface area contributed by atoms with Gasteiger partial charge in [-0.05, 0) is 36.4 Å². The van der Waals surface area contributed by atoms with E-state index in [1.54, 1.807) is 11.8 Å². The van der Waals surface area contributed by atoms with Crippen LogP contribution in [0.1, 0.15) is 32.6 Å². The van der Waals surface area contributed by atoms with Crippen molar-refractivity contribution in [3.8, 4) is 6.07 Å². The van der Waals surface area contributed by atoms with E-state index in [1.807, 2.05) is 30.3 Å². The number of thioether (sulfide) groups is 1. The number of carbonyl (C=O) groups is 2. The molecular weight excluding hydrogens is 312 g/mol. The molecule has 0 heterocycles. The Kier molecular flexibility index (Phi) is 8.85. The lowest BCUT2D eigenvalue weighted by atomic mass is 10.2. The molecule has 0 aromatic heterocycles. The van der Waals surface area contributed by atoms with E-state index in [1.165, 1.54) is 18.4 Å². The summed E-state index contributed by atoms with van der Waals surface area (Å²) in [6.45, 7) is 2.12. The van der Waals surface area contributed by atoms with Gasteiger partial charge < -0.3 is 4.74 Å². The molecule has 0 aliphatic heterocycles. The van der Waals surface area contributed by atoms with E-state index in [4.69, 9.17) is 5.26 Å². The van der Waals surface area contributed by atoms with Gasteiger partial charge in [0.2, 0.25) is 5.91 Å². The molecule has 0 N–H and O–H groups in total. The van der Waals surface area contributed by atoms with Crippen LogP contribution in [0, 0.1) is 11.3 Å². The van der Waals surface area contributed by atoms with Crippen LogP contribution >= 0.6 is 11.8 Å². The molecule has 1 amide bonds. The first-order valence-electron chi connectivity index (χ1n) is 7.59. The quantitative estimate of drug-likeness (QED) is 0.300. The molecule has 1 aromatic carbocycles. The number of anilines is 1. The Bertz CT molecular complexity index is 552. The van der Waals surface area contributed by atoms with Gasteiger partial charge in [-0.1, -0.05) is 13.3 Å². The van der Waals surface area contributed by atoms with Gasteiger partial charge in [-0.2, -0.15) is 5.26 Å². The highest BCUT2D eigenvalue weighted by molar-refractivity contribution is 7.99. The summed E-state index contributed by atoms with van der Waals surface area (Å²) < 4.78 is 4.53. The van der Waals surface area contributed by atoms with Gasteiger partial charge >= 0.3 is 5.97 Å². The van der Waals surface area contributed by atoms with Gasteiger partial charge in [-0.15, -0.1) is 11.8 Å². The van der Waals surface area contributed by atoms with Crippen LogP contribution in [0.5, 0.6) is 0 Å². The van der Waals surface area contributed by atoms with E-state index < -0.39 is 5.97 Å². The molecule has 1 rings (SSSR count). The van der Waals surface area contributed by atoms with Crippen molar-refractivity contribution >= 4 is 29.3 Å². The molecule has 0 aliphatic carbocycles. The predicted octanol–water partition coefficient (Wildman–Crippen LogP) is 3.39. The summed E-state index contributed by atoms with van der Waals surface area (Å²) in [5, 5.41) is 8.93. The Morgan fingerprint density at radius 1 is 1.26 bits per heavy atom. The zero-order valence-electron chi connectivity index (χ0n) is 13.6. The van der Waals surface area contributed by atoms with Gasteiger partial charge in [0.1, 0.15) is 6.54 Å². The zero-order chi connectivity index (χ0) is 17.1. The monoisotopic (exact) mass is 334 g/mol. The van der Waals surface area contributed by atoms with Crippen molar-refractivity contribution in [2.45, 2.75) is 37.5 Å². The number of ether oxygens (including phenoxy) is 1. The lowest BCUT2D eigenvalue weighted by Gasteiger charge is -2.19. The number of benzene rings is 1. The molecule has 0 bridgehead atoms.